The first kappa shape index (κ1) is 14.4. The third-order valence-electron chi connectivity index (χ3n) is 2.22. The second kappa shape index (κ2) is 8.72. The van der Waals surface area contributed by atoms with Gasteiger partial charge in [-0.15, -0.1) is 11.6 Å². The molecule has 0 saturated carbocycles. The van der Waals surface area contributed by atoms with Crippen LogP contribution in [0.25, 0.3) is 0 Å². The molecule has 0 aliphatic heterocycles. The number of alkyl halides is 1. The molecule has 1 unspecified atom stereocenters. The van der Waals surface area contributed by atoms with E-state index in [4.69, 9.17) is 11.6 Å². The van der Waals surface area contributed by atoms with Crippen LogP contribution in [0.15, 0.2) is 0 Å². The minimum absolute atomic E-state index is 0.236. The van der Waals surface area contributed by atoms with E-state index in [0.717, 1.165) is 19.3 Å². The highest BCUT2D eigenvalue weighted by molar-refractivity contribution is 6.41. The second-order valence-electron chi connectivity index (χ2n) is 3.52. The van der Waals surface area contributed by atoms with Crippen molar-refractivity contribution in [3.8, 4) is 0 Å². The van der Waals surface area contributed by atoms with Gasteiger partial charge in [-0.2, -0.15) is 0 Å². The Morgan fingerprint density at radius 3 is 2.33 bits per heavy atom. The molecule has 0 saturated heterocycles. The summed E-state index contributed by atoms with van der Waals surface area (Å²) in [4.78, 5) is 22.3. The summed E-state index contributed by atoms with van der Waals surface area (Å²) < 4.78 is 4.39. The Morgan fingerprint density at radius 1 is 1.20 bits per heavy atom. The van der Waals surface area contributed by atoms with Gasteiger partial charge < -0.3 is 4.74 Å². The zero-order chi connectivity index (χ0) is 11.7. The van der Waals surface area contributed by atoms with Crippen molar-refractivity contribution in [1.82, 2.24) is 0 Å². The normalized spacial score (nSPS) is 12.2. The van der Waals surface area contributed by atoms with Crippen LogP contribution >= 0.6 is 11.6 Å². The van der Waals surface area contributed by atoms with E-state index in [1.807, 2.05) is 0 Å². The number of unbranched alkanes of at least 4 members (excludes halogenated alkanes) is 4. The average Bonchev–Trinajstić information content (AvgIpc) is 2.26. The van der Waals surface area contributed by atoms with Crippen molar-refractivity contribution in [2.75, 3.05) is 7.11 Å². The SMILES string of the molecule is CCCCCCCC(=O)C(Cl)C(=O)OC. The number of hydrogen-bond donors (Lipinski definition) is 0. The molecule has 0 heterocycles. The van der Waals surface area contributed by atoms with Gasteiger partial charge in [-0.3, -0.25) is 4.79 Å². The fourth-order valence-corrected chi connectivity index (χ4v) is 1.46. The van der Waals surface area contributed by atoms with Gasteiger partial charge in [-0.05, 0) is 6.42 Å². The van der Waals surface area contributed by atoms with Gasteiger partial charge in [0.1, 0.15) is 0 Å². The summed E-state index contributed by atoms with van der Waals surface area (Å²) in [6, 6.07) is 0. The van der Waals surface area contributed by atoms with Crippen molar-refractivity contribution in [2.45, 2.75) is 50.8 Å². The Balaban J connectivity index is 3.60. The molecule has 15 heavy (non-hydrogen) atoms. The monoisotopic (exact) mass is 234 g/mol. The van der Waals surface area contributed by atoms with E-state index in [-0.39, 0.29) is 5.78 Å². The largest absolute Gasteiger partial charge is 0.468 e. The number of methoxy groups -OCH3 is 1. The smallest absolute Gasteiger partial charge is 0.331 e. The first-order chi connectivity index (χ1) is 7.13. The number of hydrogen-bond acceptors (Lipinski definition) is 3. The fraction of sp³-hybridized carbons (Fsp3) is 0.818. The average molecular weight is 235 g/mol. The Labute approximate surface area is 96.1 Å². The van der Waals surface area contributed by atoms with Crippen LogP contribution in [0.1, 0.15) is 45.4 Å². The van der Waals surface area contributed by atoms with Gasteiger partial charge in [-0.1, -0.05) is 32.6 Å². The van der Waals surface area contributed by atoms with Gasteiger partial charge in [0.2, 0.25) is 0 Å². The Hall–Kier alpha value is -0.570. The van der Waals surface area contributed by atoms with E-state index in [0.29, 0.717) is 6.42 Å². The minimum Gasteiger partial charge on any atom is -0.468 e. The zero-order valence-corrected chi connectivity index (χ0v) is 10.2. The maximum Gasteiger partial charge on any atom is 0.331 e. The lowest BCUT2D eigenvalue weighted by Gasteiger charge is -2.05. The molecule has 0 spiro atoms. The molecule has 0 radical (unpaired) electrons. The van der Waals surface area contributed by atoms with E-state index in [1.54, 1.807) is 0 Å². The predicted molar refractivity (Wildman–Crippen MR) is 60.0 cm³/mol. The molecule has 0 aliphatic rings. The maximum atomic E-state index is 11.3. The van der Waals surface area contributed by atoms with E-state index in [1.165, 1.54) is 20.0 Å². The Kier molecular flexibility index (Phi) is 8.38. The number of Topliss-reactive ketones (excluding diaryl/α,β-unsaturated/α-hetero) is 1. The molecule has 3 nitrogen and oxygen atoms in total. The third kappa shape index (κ3) is 6.50. The van der Waals surface area contributed by atoms with E-state index >= 15 is 0 Å². The van der Waals surface area contributed by atoms with Gasteiger partial charge in [0.15, 0.2) is 11.2 Å². The van der Waals surface area contributed by atoms with Crippen molar-refractivity contribution in [3.05, 3.63) is 0 Å². The number of ether oxygens (including phenoxy) is 1. The number of carbonyl (C=O) groups is 2. The van der Waals surface area contributed by atoms with Crippen molar-refractivity contribution < 1.29 is 14.3 Å². The molecule has 0 N–H and O–H groups in total. The van der Waals surface area contributed by atoms with Crippen LogP contribution in [0.2, 0.25) is 0 Å². The molecule has 0 aromatic rings. The summed E-state index contributed by atoms with van der Waals surface area (Å²) in [5.74, 6) is -0.893. The maximum absolute atomic E-state index is 11.3. The molecular formula is C11H19ClO3. The molecule has 0 rings (SSSR count). The van der Waals surface area contributed by atoms with Crippen LogP contribution in [0, 0.1) is 0 Å². The number of carbonyl (C=O) groups excluding carboxylic acids is 2. The van der Waals surface area contributed by atoms with Crippen LogP contribution in [-0.2, 0) is 14.3 Å². The Bertz CT molecular complexity index is 204. The third-order valence-corrected chi connectivity index (χ3v) is 2.64. The molecule has 88 valence electrons. The van der Waals surface area contributed by atoms with Crippen LogP contribution in [-0.4, -0.2) is 24.2 Å². The highest BCUT2D eigenvalue weighted by Crippen LogP contribution is 2.09. The van der Waals surface area contributed by atoms with Gasteiger partial charge >= 0.3 is 5.97 Å². The van der Waals surface area contributed by atoms with Crippen molar-refractivity contribution in [2.24, 2.45) is 0 Å². The molecule has 0 aromatic heterocycles. The number of ketones is 1. The molecule has 0 amide bonds. The minimum atomic E-state index is -1.12. The van der Waals surface area contributed by atoms with Gasteiger partial charge in [0.25, 0.3) is 0 Å². The highest BCUT2D eigenvalue weighted by Gasteiger charge is 2.23. The summed E-state index contributed by atoms with van der Waals surface area (Å²) in [5.41, 5.74) is 0. The van der Waals surface area contributed by atoms with Crippen molar-refractivity contribution in [1.29, 1.82) is 0 Å². The molecular weight excluding hydrogens is 216 g/mol. The first-order valence-electron chi connectivity index (χ1n) is 5.38. The van der Waals surface area contributed by atoms with Crippen LogP contribution in [0.3, 0.4) is 0 Å². The van der Waals surface area contributed by atoms with E-state index in [9.17, 15) is 9.59 Å². The summed E-state index contributed by atoms with van der Waals surface area (Å²) in [6.07, 6.45) is 5.69. The molecule has 0 fully saturated rings. The zero-order valence-electron chi connectivity index (χ0n) is 9.42. The van der Waals surface area contributed by atoms with Crippen LogP contribution in [0.4, 0.5) is 0 Å². The second-order valence-corrected chi connectivity index (χ2v) is 3.95. The number of esters is 1. The molecule has 1 atom stereocenters. The fourth-order valence-electron chi connectivity index (χ4n) is 1.26. The van der Waals surface area contributed by atoms with Gasteiger partial charge in [0, 0.05) is 6.42 Å². The van der Waals surface area contributed by atoms with E-state index < -0.39 is 11.3 Å². The topological polar surface area (TPSA) is 43.4 Å². The summed E-state index contributed by atoms with van der Waals surface area (Å²) >= 11 is 5.60. The van der Waals surface area contributed by atoms with Crippen LogP contribution < -0.4 is 0 Å². The summed E-state index contributed by atoms with van der Waals surface area (Å²) in [5, 5.41) is -1.12. The van der Waals surface area contributed by atoms with Gasteiger partial charge in [-0.25, -0.2) is 4.79 Å². The lowest BCUT2D eigenvalue weighted by molar-refractivity contribution is -0.142. The number of halogens is 1. The standard InChI is InChI=1S/C11H19ClO3/c1-3-4-5-6-7-8-9(13)10(12)11(14)15-2/h10H,3-8H2,1-2H3. The first-order valence-corrected chi connectivity index (χ1v) is 5.81. The van der Waals surface area contributed by atoms with Crippen molar-refractivity contribution >= 4 is 23.4 Å². The van der Waals surface area contributed by atoms with Crippen molar-refractivity contribution in [3.63, 3.8) is 0 Å². The predicted octanol–water partition coefficient (Wildman–Crippen LogP) is 2.70. The molecule has 0 bridgehead atoms. The molecule has 0 aliphatic carbocycles. The van der Waals surface area contributed by atoms with Crippen LogP contribution in [0.5, 0.6) is 0 Å². The summed E-state index contributed by atoms with van der Waals surface area (Å²) in [6.45, 7) is 2.14. The van der Waals surface area contributed by atoms with E-state index in [2.05, 4.69) is 11.7 Å². The highest BCUT2D eigenvalue weighted by atomic mass is 35.5. The lowest BCUT2D eigenvalue weighted by Crippen LogP contribution is -2.25. The quantitative estimate of drug-likeness (QED) is 0.281. The summed E-state index contributed by atoms with van der Waals surface area (Å²) in [7, 11) is 1.23. The number of rotatable bonds is 8. The molecule has 4 heteroatoms. The lowest BCUT2D eigenvalue weighted by atomic mass is 10.1. The molecule has 0 aromatic carbocycles. The Morgan fingerprint density at radius 2 is 1.80 bits per heavy atom. The van der Waals surface area contributed by atoms with Gasteiger partial charge in [0.05, 0.1) is 7.11 Å².